The van der Waals surface area contributed by atoms with Gasteiger partial charge in [-0.3, -0.25) is 9.59 Å². The van der Waals surface area contributed by atoms with Gasteiger partial charge >= 0.3 is 11.9 Å². The third-order valence-corrected chi connectivity index (χ3v) is 14.3. The number of cyclic esters (lactones) is 1. The Morgan fingerprint density at radius 1 is 1.18 bits per heavy atom. The van der Waals surface area contributed by atoms with E-state index in [9.17, 15) is 19.5 Å². The average Bonchev–Trinajstić information content (AvgIpc) is 3.21. The molecule has 0 saturated heterocycles. The number of aromatic hydroxyl groups is 1. The van der Waals surface area contributed by atoms with E-state index in [1.54, 1.807) is 42.7 Å². The van der Waals surface area contributed by atoms with Gasteiger partial charge in [-0.2, -0.15) is 0 Å². The number of benzene rings is 1. The smallest absolute Gasteiger partial charge is 0.355 e. The average molecular weight is 535 g/mol. The van der Waals surface area contributed by atoms with Crippen molar-refractivity contribution >= 4 is 36.1 Å². The number of ether oxygens (including phenoxy) is 2. The molecule has 2 aromatic heterocycles. The Labute approximate surface area is 222 Å². The fraction of sp³-hybridized carbons (Fsp3) is 0.448. The molecule has 0 bridgehead atoms. The van der Waals surface area contributed by atoms with Gasteiger partial charge in [-0.15, -0.1) is 0 Å². The molecule has 0 radical (unpaired) electrons. The van der Waals surface area contributed by atoms with Crippen LogP contribution in [0.15, 0.2) is 29.1 Å². The van der Waals surface area contributed by atoms with Crippen LogP contribution in [0.2, 0.25) is 18.1 Å². The van der Waals surface area contributed by atoms with Gasteiger partial charge in [-0.25, -0.2) is 9.78 Å². The van der Waals surface area contributed by atoms with Crippen molar-refractivity contribution in [2.45, 2.75) is 84.3 Å². The zero-order chi connectivity index (χ0) is 27.8. The number of pyridine rings is 2. The van der Waals surface area contributed by atoms with E-state index in [1.807, 2.05) is 0 Å². The molecule has 0 unspecified atom stereocenters. The van der Waals surface area contributed by atoms with Gasteiger partial charge in [-0.1, -0.05) is 47.7 Å². The first-order valence-corrected chi connectivity index (χ1v) is 16.1. The summed E-state index contributed by atoms with van der Waals surface area (Å²) in [6.45, 7) is 14.9. The minimum Gasteiger partial charge on any atom is -0.508 e. The van der Waals surface area contributed by atoms with Crippen LogP contribution in [-0.2, 0) is 37.8 Å². The quantitative estimate of drug-likeness (QED) is 0.304. The van der Waals surface area contributed by atoms with E-state index in [0.29, 0.717) is 29.1 Å². The maximum Gasteiger partial charge on any atom is 0.355 e. The molecule has 0 saturated carbocycles. The Morgan fingerprint density at radius 2 is 1.89 bits per heavy atom. The number of hydrogen-bond acceptors (Lipinski definition) is 7. The highest BCUT2D eigenvalue weighted by Crippen LogP contribution is 2.43. The van der Waals surface area contributed by atoms with Crippen LogP contribution >= 0.6 is 0 Å². The fourth-order valence-corrected chi connectivity index (χ4v) is 8.16. The van der Waals surface area contributed by atoms with Gasteiger partial charge < -0.3 is 19.1 Å². The molecule has 0 aliphatic carbocycles. The number of fused-ring (bicyclic) bond motifs is 5. The summed E-state index contributed by atoms with van der Waals surface area (Å²) in [5.41, 5.74) is 1.73. The molecule has 200 valence electrons. The van der Waals surface area contributed by atoms with Crippen molar-refractivity contribution in [2.75, 3.05) is 0 Å². The van der Waals surface area contributed by atoms with Gasteiger partial charge in [0.2, 0.25) is 5.60 Å². The Balaban J connectivity index is 1.85. The lowest BCUT2D eigenvalue weighted by Crippen LogP contribution is -2.51. The molecule has 0 spiro atoms. The van der Waals surface area contributed by atoms with Crippen LogP contribution in [0.3, 0.4) is 0 Å². The number of carbonyl (C=O) groups excluding carboxylic acids is 2. The zero-order valence-electron chi connectivity index (χ0n) is 23.0. The molecule has 2 aliphatic rings. The minimum absolute atomic E-state index is 0.0224. The highest BCUT2D eigenvalue weighted by atomic mass is 28.3. The summed E-state index contributed by atoms with van der Waals surface area (Å²) in [5, 5.41) is 12.4. The maximum atomic E-state index is 13.9. The first-order valence-electron chi connectivity index (χ1n) is 13.1. The first-order chi connectivity index (χ1) is 17.8. The fourth-order valence-electron chi connectivity index (χ4n) is 5.58. The second-order valence-electron chi connectivity index (χ2n) is 11.8. The monoisotopic (exact) mass is 534 g/mol. The molecule has 1 N–H and O–H groups in total. The number of phenols is 1. The lowest BCUT2D eigenvalue weighted by atomic mass is 9.85. The van der Waals surface area contributed by atoms with Gasteiger partial charge in [0.1, 0.15) is 12.4 Å². The summed E-state index contributed by atoms with van der Waals surface area (Å²) >= 11 is 0. The van der Waals surface area contributed by atoms with Crippen molar-refractivity contribution in [2.24, 2.45) is 0 Å². The Kier molecular flexibility index (Phi) is 5.87. The normalized spacial score (nSPS) is 18.6. The van der Waals surface area contributed by atoms with Gasteiger partial charge in [-0.05, 0) is 46.5 Å². The summed E-state index contributed by atoms with van der Waals surface area (Å²) in [7, 11) is -2.20. The molecule has 38 heavy (non-hydrogen) atoms. The van der Waals surface area contributed by atoms with Crippen LogP contribution in [-0.4, -0.2) is 34.7 Å². The maximum absolute atomic E-state index is 13.9. The summed E-state index contributed by atoms with van der Waals surface area (Å²) in [4.78, 5) is 44.4. The molecule has 4 heterocycles. The molecule has 8 nitrogen and oxygen atoms in total. The van der Waals surface area contributed by atoms with Crippen LogP contribution < -0.4 is 10.7 Å². The van der Waals surface area contributed by atoms with Crippen molar-refractivity contribution in [1.29, 1.82) is 0 Å². The van der Waals surface area contributed by atoms with E-state index >= 15 is 0 Å². The van der Waals surface area contributed by atoms with Crippen LogP contribution in [0.1, 0.15) is 64.2 Å². The van der Waals surface area contributed by atoms with E-state index in [2.05, 4.69) is 33.9 Å². The lowest BCUT2D eigenvalue weighted by Gasteiger charge is -2.39. The second kappa shape index (κ2) is 8.52. The predicted molar refractivity (Wildman–Crippen MR) is 147 cm³/mol. The number of phenolic OH excluding ortho intramolecular Hbond substituents is 1. The van der Waals surface area contributed by atoms with E-state index < -0.39 is 25.6 Å². The largest absolute Gasteiger partial charge is 0.508 e. The molecule has 1 atom stereocenters. The van der Waals surface area contributed by atoms with Crippen molar-refractivity contribution in [3.8, 4) is 17.1 Å². The highest BCUT2D eigenvalue weighted by Gasteiger charge is 2.50. The van der Waals surface area contributed by atoms with Crippen molar-refractivity contribution in [3.63, 3.8) is 0 Å². The molecule has 0 fully saturated rings. The molecular formula is C29H34N2O6Si. The van der Waals surface area contributed by atoms with Crippen LogP contribution in [0.25, 0.3) is 22.3 Å². The summed E-state index contributed by atoms with van der Waals surface area (Å²) in [6.07, 6.45) is 0.230. The van der Waals surface area contributed by atoms with Gasteiger partial charge in [0, 0.05) is 17.4 Å². The van der Waals surface area contributed by atoms with E-state index in [1.165, 1.54) is 0 Å². The number of aromatic nitrogens is 2. The Bertz CT molecular complexity index is 1580. The highest BCUT2D eigenvalue weighted by molar-refractivity contribution is 6.94. The minimum atomic E-state index is -2.20. The number of rotatable bonds is 4. The topological polar surface area (TPSA) is 108 Å². The molecule has 0 amide bonds. The molecular weight excluding hydrogens is 500 g/mol. The van der Waals surface area contributed by atoms with Crippen LogP contribution in [0, 0.1) is 0 Å². The molecule has 3 aromatic rings. The van der Waals surface area contributed by atoms with Gasteiger partial charge in [0.15, 0.2) is 0 Å². The lowest BCUT2D eigenvalue weighted by molar-refractivity contribution is -0.189. The SMILES string of the molecule is CCC(=O)O[C@]1(CC)C(=O)OCc2c1cc1n(c2=O)Cc2c-1nc1ccc(O)cc1c2[Si](C)(C)C(C)(C)C. The van der Waals surface area contributed by atoms with Crippen molar-refractivity contribution < 1.29 is 24.2 Å². The number of carbonyl (C=O) groups is 2. The summed E-state index contributed by atoms with van der Waals surface area (Å²) in [5.74, 6) is -1.04. The molecule has 9 heteroatoms. The van der Waals surface area contributed by atoms with Gasteiger partial charge in [0.25, 0.3) is 5.56 Å². The van der Waals surface area contributed by atoms with Crippen LogP contribution in [0.4, 0.5) is 0 Å². The summed E-state index contributed by atoms with van der Waals surface area (Å²) in [6, 6.07) is 6.99. The first kappa shape index (κ1) is 26.2. The third kappa shape index (κ3) is 3.55. The Morgan fingerprint density at radius 3 is 2.53 bits per heavy atom. The molecule has 5 rings (SSSR count). The van der Waals surface area contributed by atoms with Gasteiger partial charge in [0.05, 0.1) is 37.1 Å². The van der Waals surface area contributed by atoms with Crippen molar-refractivity contribution in [3.05, 3.63) is 51.3 Å². The molecule has 2 aliphatic heterocycles. The zero-order valence-corrected chi connectivity index (χ0v) is 24.0. The number of esters is 2. The summed E-state index contributed by atoms with van der Waals surface area (Å²) < 4.78 is 12.8. The van der Waals surface area contributed by atoms with E-state index in [-0.39, 0.29) is 35.8 Å². The number of nitrogens with zero attached hydrogens (tertiary/aromatic N) is 2. The predicted octanol–water partition coefficient (Wildman–Crippen LogP) is 4.46. The Hall–Kier alpha value is -3.46. The van der Waals surface area contributed by atoms with E-state index in [0.717, 1.165) is 21.7 Å². The van der Waals surface area contributed by atoms with E-state index in [4.69, 9.17) is 14.5 Å². The number of hydrogen-bond donors (Lipinski definition) is 1. The second-order valence-corrected chi connectivity index (χ2v) is 17.0. The molecule has 1 aromatic carbocycles. The third-order valence-electron chi connectivity index (χ3n) is 8.72. The standard InChI is InChI=1S/C29H34N2O6Si/c1-8-23(33)37-29(9-2)20-13-22-24-18(14-31(22)26(34)19(20)15-36-27(29)35)25(38(6,7)28(3,4)5)17-12-16(32)10-11-21(17)30-24/h10-13,32H,8-9,14-15H2,1-7H3/t29-/m0/s1. The van der Waals surface area contributed by atoms with Crippen LogP contribution in [0.5, 0.6) is 5.75 Å². The van der Waals surface area contributed by atoms with Crippen molar-refractivity contribution in [1.82, 2.24) is 9.55 Å².